The lowest BCUT2D eigenvalue weighted by molar-refractivity contribution is -0.384. The predicted molar refractivity (Wildman–Crippen MR) is 80.4 cm³/mol. The smallest absolute Gasteiger partial charge is 0.348 e. The molecule has 1 rings (SSSR count). The van der Waals surface area contributed by atoms with Crippen molar-refractivity contribution in [2.45, 2.75) is 52.4 Å². The van der Waals surface area contributed by atoms with Crippen molar-refractivity contribution in [3.05, 3.63) is 21.1 Å². The van der Waals surface area contributed by atoms with Gasteiger partial charge in [0.2, 0.25) is 11.0 Å². The topological polar surface area (TPSA) is 81.0 Å². The molecule has 7 heteroatoms. The number of rotatable bonds is 6. The van der Waals surface area contributed by atoms with Crippen molar-refractivity contribution < 1.29 is 4.92 Å². The molecule has 0 radical (unpaired) electrons. The summed E-state index contributed by atoms with van der Waals surface area (Å²) in [7, 11) is 0. The van der Waals surface area contributed by atoms with Gasteiger partial charge in [0, 0.05) is 12.0 Å². The molecule has 6 nitrogen and oxygen atoms in total. The molecule has 0 bridgehead atoms. The minimum absolute atomic E-state index is 0.118. The van der Waals surface area contributed by atoms with Gasteiger partial charge in [-0.1, -0.05) is 52.1 Å². The van der Waals surface area contributed by atoms with E-state index in [2.05, 4.69) is 22.2 Å². The van der Waals surface area contributed by atoms with E-state index >= 15 is 0 Å². The highest BCUT2D eigenvalue weighted by atomic mass is 35.5. The summed E-state index contributed by atoms with van der Waals surface area (Å²) in [5, 5.41) is 14.0. The highest BCUT2D eigenvalue weighted by Gasteiger charge is 2.27. The Kier molecular flexibility index (Phi) is 5.68. The zero-order chi connectivity index (χ0) is 15.3. The summed E-state index contributed by atoms with van der Waals surface area (Å²) in [4.78, 5) is 18.9. The number of halogens is 1. The summed E-state index contributed by atoms with van der Waals surface area (Å²) in [5.74, 6) is 0.696. The second kappa shape index (κ2) is 6.83. The number of nitrogens with zero attached hydrogens (tertiary/aromatic N) is 3. The zero-order valence-corrected chi connectivity index (χ0v) is 13.1. The maximum Gasteiger partial charge on any atom is 0.348 e. The van der Waals surface area contributed by atoms with Gasteiger partial charge in [-0.05, 0) is 6.42 Å². The summed E-state index contributed by atoms with van der Waals surface area (Å²) in [6.07, 6.45) is 3.08. The average molecular weight is 301 g/mol. The van der Waals surface area contributed by atoms with E-state index in [0.717, 1.165) is 19.3 Å². The molecule has 0 aliphatic heterocycles. The van der Waals surface area contributed by atoms with Crippen molar-refractivity contribution >= 4 is 23.1 Å². The van der Waals surface area contributed by atoms with Gasteiger partial charge in [0.05, 0.1) is 4.92 Å². The SMILES string of the molecule is CCCCCNc1nc(C(C)(C)C)nc(Cl)c1[N+](=O)[O-]. The Labute approximate surface area is 124 Å². The number of aromatic nitrogens is 2. The van der Waals surface area contributed by atoms with E-state index < -0.39 is 4.92 Å². The van der Waals surface area contributed by atoms with Crippen molar-refractivity contribution in [3.63, 3.8) is 0 Å². The molecule has 0 saturated carbocycles. The molecule has 0 aliphatic carbocycles. The second-order valence-corrected chi connectivity index (χ2v) is 6.03. The lowest BCUT2D eigenvalue weighted by Gasteiger charge is -2.18. The molecule has 0 fully saturated rings. The van der Waals surface area contributed by atoms with Crippen LogP contribution in [0.15, 0.2) is 0 Å². The Balaban J connectivity index is 3.09. The number of unbranched alkanes of at least 4 members (excludes halogenated alkanes) is 2. The van der Waals surface area contributed by atoms with E-state index in [4.69, 9.17) is 11.6 Å². The van der Waals surface area contributed by atoms with Crippen LogP contribution in [0.5, 0.6) is 0 Å². The molecule has 0 aliphatic rings. The molecule has 0 amide bonds. The second-order valence-electron chi connectivity index (χ2n) is 5.68. The largest absolute Gasteiger partial charge is 0.364 e. The molecule has 0 spiro atoms. The molecule has 0 atom stereocenters. The van der Waals surface area contributed by atoms with Crippen LogP contribution in [0, 0.1) is 10.1 Å². The molecule has 1 aromatic heterocycles. The fourth-order valence-electron chi connectivity index (χ4n) is 1.63. The van der Waals surface area contributed by atoms with Crippen LogP contribution in [0.25, 0.3) is 0 Å². The summed E-state index contributed by atoms with van der Waals surface area (Å²) in [5.41, 5.74) is -0.574. The van der Waals surface area contributed by atoms with Gasteiger partial charge in [-0.15, -0.1) is 0 Å². The van der Waals surface area contributed by atoms with Crippen LogP contribution in [0.2, 0.25) is 5.15 Å². The van der Waals surface area contributed by atoms with Gasteiger partial charge in [-0.25, -0.2) is 9.97 Å². The first-order chi connectivity index (χ1) is 9.27. The van der Waals surface area contributed by atoms with Gasteiger partial charge >= 0.3 is 5.69 Å². The number of nitro groups is 1. The fourth-order valence-corrected chi connectivity index (χ4v) is 1.87. The Morgan fingerprint density at radius 1 is 1.30 bits per heavy atom. The van der Waals surface area contributed by atoms with Crippen LogP contribution in [0.1, 0.15) is 52.8 Å². The zero-order valence-electron chi connectivity index (χ0n) is 12.4. The highest BCUT2D eigenvalue weighted by molar-refractivity contribution is 6.31. The lowest BCUT2D eigenvalue weighted by atomic mass is 9.96. The molecular weight excluding hydrogens is 280 g/mol. The van der Waals surface area contributed by atoms with Crippen LogP contribution in [-0.4, -0.2) is 21.4 Å². The fraction of sp³-hybridized carbons (Fsp3) is 0.692. The molecule has 20 heavy (non-hydrogen) atoms. The molecule has 0 saturated heterocycles. The Morgan fingerprint density at radius 2 is 1.95 bits per heavy atom. The maximum absolute atomic E-state index is 11.1. The van der Waals surface area contributed by atoms with Crippen LogP contribution >= 0.6 is 11.6 Å². The maximum atomic E-state index is 11.1. The highest BCUT2D eigenvalue weighted by Crippen LogP contribution is 2.32. The van der Waals surface area contributed by atoms with Crippen molar-refractivity contribution in [2.24, 2.45) is 0 Å². The van der Waals surface area contributed by atoms with Crippen LogP contribution in [0.3, 0.4) is 0 Å². The Morgan fingerprint density at radius 3 is 2.45 bits per heavy atom. The van der Waals surface area contributed by atoms with E-state index in [0.29, 0.717) is 12.4 Å². The van der Waals surface area contributed by atoms with Gasteiger partial charge < -0.3 is 5.32 Å². The molecule has 1 heterocycles. The quantitative estimate of drug-likeness (QED) is 0.372. The first-order valence-electron chi connectivity index (χ1n) is 6.73. The summed E-state index contributed by atoms with van der Waals surface area (Å²) in [6, 6.07) is 0. The Bertz CT molecular complexity index is 486. The molecule has 0 aromatic carbocycles. The van der Waals surface area contributed by atoms with Crippen molar-refractivity contribution in [2.75, 3.05) is 11.9 Å². The minimum atomic E-state index is -0.545. The lowest BCUT2D eigenvalue weighted by Crippen LogP contribution is -2.19. The third kappa shape index (κ3) is 4.30. The predicted octanol–water partition coefficient (Wildman–Crippen LogP) is 3.94. The van der Waals surface area contributed by atoms with E-state index in [1.807, 2.05) is 20.8 Å². The normalized spacial score (nSPS) is 11.4. The van der Waals surface area contributed by atoms with Crippen molar-refractivity contribution in [3.8, 4) is 0 Å². The number of hydrogen-bond donors (Lipinski definition) is 1. The van der Waals surface area contributed by atoms with Crippen LogP contribution in [0.4, 0.5) is 11.5 Å². The van der Waals surface area contributed by atoms with E-state index in [-0.39, 0.29) is 22.1 Å². The van der Waals surface area contributed by atoms with E-state index in [1.165, 1.54) is 0 Å². The Hall–Kier alpha value is -1.43. The van der Waals surface area contributed by atoms with E-state index in [9.17, 15) is 10.1 Å². The molecule has 1 N–H and O–H groups in total. The molecule has 1 aromatic rings. The number of hydrogen-bond acceptors (Lipinski definition) is 5. The monoisotopic (exact) mass is 300 g/mol. The molecular formula is C13H21ClN4O2. The summed E-state index contributed by atoms with van der Waals surface area (Å²) >= 11 is 5.94. The van der Waals surface area contributed by atoms with Gasteiger partial charge in [0.15, 0.2) is 0 Å². The average Bonchev–Trinajstić information content (AvgIpc) is 2.32. The van der Waals surface area contributed by atoms with Crippen molar-refractivity contribution in [1.82, 2.24) is 9.97 Å². The molecule has 0 unspecified atom stereocenters. The molecule has 112 valence electrons. The third-order valence-corrected chi connectivity index (χ3v) is 3.03. The van der Waals surface area contributed by atoms with Crippen molar-refractivity contribution in [1.29, 1.82) is 0 Å². The third-order valence-electron chi connectivity index (χ3n) is 2.77. The number of anilines is 1. The first kappa shape index (κ1) is 16.6. The number of nitrogens with one attached hydrogen (secondary N) is 1. The van der Waals surface area contributed by atoms with Gasteiger partial charge in [0.25, 0.3) is 0 Å². The van der Waals surface area contributed by atoms with Gasteiger partial charge in [-0.2, -0.15) is 0 Å². The van der Waals surface area contributed by atoms with Gasteiger partial charge in [0.1, 0.15) is 5.82 Å². The standard InChI is InChI=1S/C13H21ClN4O2/c1-5-6-7-8-15-11-9(18(19)20)10(14)16-12(17-11)13(2,3)4/h5-8H2,1-4H3,(H,15,16,17). The minimum Gasteiger partial charge on any atom is -0.364 e. The van der Waals surface area contributed by atoms with Crippen LogP contribution < -0.4 is 5.32 Å². The van der Waals surface area contributed by atoms with E-state index in [1.54, 1.807) is 0 Å². The van der Waals surface area contributed by atoms with Gasteiger partial charge in [-0.3, -0.25) is 10.1 Å². The van der Waals surface area contributed by atoms with Crippen LogP contribution in [-0.2, 0) is 5.41 Å². The summed E-state index contributed by atoms with van der Waals surface area (Å²) < 4.78 is 0. The summed E-state index contributed by atoms with van der Waals surface area (Å²) in [6.45, 7) is 8.54. The first-order valence-corrected chi connectivity index (χ1v) is 7.11.